The lowest BCUT2D eigenvalue weighted by molar-refractivity contribution is -0.385. The number of hydrogen-bond donors (Lipinski definition) is 1. The van der Waals surface area contributed by atoms with Crippen molar-refractivity contribution in [3.8, 4) is 11.3 Å². The fraction of sp³-hybridized carbons (Fsp3) is 0.111. The molecule has 0 aliphatic carbocycles. The second-order valence-corrected chi connectivity index (χ2v) is 5.57. The molecule has 2 aromatic heterocycles. The Morgan fingerprint density at radius 1 is 1.15 bits per heavy atom. The van der Waals surface area contributed by atoms with Crippen LogP contribution in [-0.2, 0) is 0 Å². The summed E-state index contributed by atoms with van der Waals surface area (Å²) in [4.78, 5) is 22.4. The van der Waals surface area contributed by atoms with Crippen LogP contribution in [0.25, 0.3) is 11.3 Å². The lowest BCUT2D eigenvalue weighted by Gasteiger charge is -2.00. The summed E-state index contributed by atoms with van der Waals surface area (Å²) in [6.07, 6.45) is 1.33. The second kappa shape index (κ2) is 7.06. The maximum Gasteiger partial charge on any atom is 0.307 e. The predicted molar refractivity (Wildman–Crippen MR) is 94.0 cm³/mol. The van der Waals surface area contributed by atoms with Crippen molar-refractivity contribution in [1.82, 2.24) is 5.43 Å². The predicted octanol–water partition coefficient (Wildman–Crippen LogP) is 3.83. The maximum atomic E-state index is 11.8. The van der Waals surface area contributed by atoms with Gasteiger partial charge in [-0.2, -0.15) is 5.10 Å². The van der Waals surface area contributed by atoms with Gasteiger partial charge in [0.2, 0.25) is 0 Å². The first-order valence-electron chi connectivity index (χ1n) is 7.69. The molecule has 0 radical (unpaired) electrons. The van der Waals surface area contributed by atoms with Gasteiger partial charge in [-0.15, -0.1) is 0 Å². The minimum Gasteiger partial charge on any atom is -0.456 e. The Morgan fingerprint density at radius 2 is 1.96 bits per heavy atom. The molecule has 1 aromatic carbocycles. The number of nitro benzene ring substituents is 1. The Bertz CT molecular complexity index is 1000. The van der Waals surface area contributed by atoms with Gasteiger partial charge in [-0.3, -0.25) is 14.9 Å². The monoisotopic (exact) mass is 353 g/mol. The molecule has 3 rings (SSSR count). The Balaban J connectivity index is 1.71. The van der Waals surface area contributed by atoms with Crippen LogP contribution in [0.1, 0.15) is 27.6 Å². The molecule has 0 fully saturated rings. The lowest BCUT2D eigenvalue weighted by Crippen LogP contribution is -2.16. The molecule has 8 heteroatoms. The van der Waals surface area contributed by atoms with Crippen molar-refractivity contribution in [2.45, 2.75) is 13.8 Å². The number of amides is 1. The quantitative estimate of drug-likeness (QED) is 0.426. The first-order valence-corrected chi connectivity index (χ1v) is 7.69. The van der Waals surface area contributed by atoms with E-state index in [1.165, 1.54) is 12.3 Å². The van der Waals surface area contributed by atoms with Gasteiger partial charge < -0.3 is 8.83 Å². The van der Waals surface area contributed by atoms with Gasteiger partial charge in [-0.05, 0) is 38.1 Å². The summed E-state index contributed by atoms with van der Waals surface area (Å²) in [5.74, 6) is 1.16. The van der Waals surface area contributed by atoms with Gasteiger partial charge >= 0.3 is 5.91 Å². The Morgan fingerprint density at radius 3 is 2.65 bits per heavy atom. The average Bonchev–Trinajstić information content (AvgIpc) is 3.24. The molecule has 0 saturated heterocycles. The van der Waals surface area contributed by atoms with Crippen LogP contribution in [0.15, 0.2) is 56.4 Å². The fourth-order valence-electron chi connectivity index (χ4n) is 2.30. The van der Waals surface area contributed by atoms with Crippen LogP contribution in [0.4, 0.5) is 5.69 Å². The first kappa shape index (κ1) is 17.2. The molecule has 2 heterocycles. The van der Waals surface area contributed by atoms with Gasteiger partial charge in [0.05, 0.1) is 11.1 Å². The van der Waals surface area contributed by atoms with Crippen molar-refractivity contribution < 1.29 is 18.6 Å². The van der Waals surface area contributed by atoms with Gasteiger partial charge in [-0.25, -0.2) is 5.43 Å². The second-order valence-electron chi connectivity index (χ2n) is 5.57. The van der Waals surface area contributed by atoms with Gasteiger partial charge in [0.1, 0.15) is 17.3 Å². The van der Waals surface area contributed by atoms with Crippen molar-refractivity contribution in [3.63, 3.8) is 0 Å². The molecule has 0 bridgehead atoms. The first-order chi connectivity index (χ1) is 12.4. The van der Waals surface area contributed by atoms with Crippen molar-refractivity contribution in [1.29, 1.82) is 0 Å². The van der Waals surface area contributed by atoms with Gasteiger partial charge in [-0.1, -0.05) is 12.1 Å². The van der Waals surface area contributed by atoms with E-state index in [2.05, 4.69) is 10.5 Å². The summed E-state index contributed by atoms with van der Waals surface area (Å²) < 4.78 is 10.8. The van der Waals surface area contributed by atoms with Crippen molar-refractivity contribution in [2.75, 3.05) is 0 Å². The van der Waals surface area contributed by atoms with E-state index in [0.717, 1.165) is 0 Å². The number of hydrogen-bond acceptors (Lipinski definition) is 6. The van der Waals surface area contributed by atoms with Crippen LogP contribution in [0.3, 0.4) is 0 Å². The Hall–Kier alpha value is -3.68. The topological polar surface area (TPSA) is 111 Å². The number of nitrogens with one attached hydrogen (secondary N) is 1. The van der Waals surface area contributed by atoms with E-state index in [9.17, 15) is 14.9 Å². The van der Waals surface area contributed by atoms with Crippen molar-refractivity contribution >= 4 is 17.8 Å². The molecule has 0 aliphatic heterocycles. The number of carbonyl (C=O) groups is 1. The third-order valence-corrected chi connectivity index (χ3v) is 3.64. The number of aryl methyl sites for hydroxylation is 2. The van der Waals surface area contributed by atoms with E-state index < -0.39 is 10.8 Å². The highest BCUT2D eigenvalue weighted by molar-refractivity contribution is 5.92. The Labute approximate surface area is 148 Å². The van der Waals surface area contributed by atoms with Crippen LogP contribution in [0, 0.1) is 24.0 Å². The molecule has 26 heavy (non-hydrogen) atoms. The standard InChI is InChI=1S/C18H15N3O5/c1-11-3-5-13(9-15(11)21(23)24)16-8-6-14(26-16)10-19-20-18(22)17-7-4-12(2)25-17/h3-10H,1-2H3,(H,20,22). The smallest absolute Gasteiger partial charge is 0.307 e. The molecule has 132 valence electrons. The molecule has 0 saturated carbocycles. The summed E-state index contributed by atoms with van der Waals surface area (Å²) in [7, 11) is 0. The Kier molecular flexibility index (Phi) is 4.66. The third-order valence-electron chi connectivity index (χ3n) is 3.64. The zero-order valence-corrected chi connectivity index (χ0v) is 14.1. The van der Waals surface area contributed by atoms with E-state index in [1.807, 2.05) is 0 Å². The molecule has 1 N–H and O–H groups in total. The minimum absolute atomic E-state index is 0.0233. The molecule has 8 nitrogen and oxygen atoms in total. The SMILES string of the molecule is Cc1ccc(C(=O)NN=Cc2ccc(-c3ccc(C)c([N+](=O)[O-])c3)o2)o1. The van der Waals surface area contributed by atoms with Crippen LogP contribution in [0.2, 0.25) is 0 Å². The number of rotatable bonds is 5. The molecular weight excluding hydrogens is 338 g/mol. The molecule has 3 aromatic rings. The van der Waals surface area contributed by atoms with Gasteiger partial charge in [0.25, 0.3) is 5.69 Å². The fourth-order valence-corrected chi connectivity index (χ4v) is 2.30. The molecule has 1 amide bonds. The summed E-state index contributed by atoms with van der Waals surface area (Å²) >= 11 is 0. The zero-order valence-electron chi connectivity index (χ0n) is 14.1. The third kappa shape index (κ3) is 3.69. The largest absolute Gasteiger partial charge is 0.456 e. The number of nitro groups is 1. The highest BCUT2D eigenvalue weighted by Gasteiger charge is 2.14. The lowest BCUT2D eigenvalue weighted by atomic mass is 10.1. The summed E-state index contributed by atoms with van der Waals surface area (Å²) in [5.41, 5.74) is 3.50. The zero-order chi connectivity index (χ0) is 18.7. The van der Waals surface area contributed by atoms with E-state index in [-0.39, 0.29) is 11.4 Å². The molecule has 0 unspecified atom stereocenters. The number of furan rings is 2. The summed E-state index contributed by atoms with van der Waals surface area (Å²) in [5, 5.41) is 14.8. The van der Waals surface area contributed by atoms with E-state index >= 15 is 0 Å². The van der Waals surface area contributed by atoms with Gasteiger partial charge in [0.15, 0.2) is 5.76 Å². The maximum absolute atomic E-state index is 11.8. The van der Waals surface area contributed by atoms with Crippen molar-refractivity contribution in [3.05, 3.63) is 75.4 Å². The molecule has 0 spiro atoms. The molecular formula is C18H15N3O5. The van der Waals surface area contributed by atoms with Crippen molar-refractivity contribution in [2.24, 2.45) is 5.10 Å². The normalized spacial score (nSPS) is 11.0. The number of carbonyl (C=O) groups excluding carboxylic acids is 1. The number of hydrazone groups is 1. The van der Waals surface area contributed by atoms with Crippen LogP contribution in [0.5, 0.6) is 0 Å². The van der Waals surface area contributed by atoms with E-state index in [4.69, 9.17) is 8.83 Å². The molecule has 0 atom stereocenters. The van der Waals surface area contributed by atoms with E-state index in [1.54, 1.807) is 50.2 Å². The minimum atomic E-state index is -0.477. The number of benzene rings is 1. The molecule has 0 aliphatic rings. The van der Waals surface area contributed by atoms with Gasteiger partial charge in [0, 0.05) is 17.2 Å². The van der Waals surface area contributed by atoms with Crippen LogP contribution < -0.4 is 5.43 Å². The summed E-state index contributed by atoms with van der Waals surface area (Å²) in [6.45, 7) is 3.41. The van der Waals surface area contributed by atoms with Crippen LogP contribution in [-0.4, -0.2) is 17.0 Å². The summed E-state index contributed by atoms with van der Waals surface area (Å²) in [6, 6.07) is 11.4. The number of nitrogens with zero attached hydrogens (tertiary/aromatic N) is 2. The highest BCUT2D eigenvalue weighted by Crippen LogP contribution is 2.27. The highest BCUT2D eigenvalue weighted by atomic mass is 16.6. The van der Waals surface area contributed by atoms with E-state index in [0.29, 0.717) is 28.4 Å². The average molecular weight is 353 g/mol. The van der Waals surface area contributed by atoms with Crippen LogP contribution >= 0.6 is 0 Å².